The molecule has 1 aliphatic rings. The van der Waals surface area contributed by atoms with Crippen molar-refractivity contribution in [2.45, 2.75) is 39.0 Å². The molecule has 5 nitrogen and oxygen atoms in total. The smallest absolute Gasteiger partial charge is 0.387 e. The van der Waals surface area contributed by atoms with Gasteiger partial charge < -0.3 is 14.8 Å². The second-order valence-corrected chi connectivity index (χ2v) is 7.65. The number of nitrogens with zero attached hydrogens (tertiary/aromatic N) is 1. The molecule has 7 heteroatoms. The molecule has 0 spiro atoms. The number of carbonyl (C=O) groups is 1. The van der Waals surface area contributed by atoms with Gasteiger partial charge in [0.25, 0.3) is 5.91 Å². The minimum Gasteiger partial charge on any atom is -0.493 e. The molecule has 1 amide bonds. The zero-order valence-corrected chi connectivity index (χ0v) is 17.3. The normalized spacial score (nSPS) is 19.1. The Kier molecular flexibility index (Phi) is 7.63. The highest BCUT2D eigenvalue weighted by atomic mass is 19.3. The van der Waals surface area contributed by atoms with E-state index in [1.165, 1.54) is 30.9 Å². The highest BCUT2D eigenvalue weighted by Crippen LogP contribution is 2.30. The molecule has 0 unspecified atom stereocenters. The number of benzene rings is 2. The van der Waals surface area contributed by atoms with Crippen molar-refractivity contribution in [2.24, 2.45) is 5.92 Å². The number of alkyl halides is 2. The van der Waals surface area contributed by atoms with Gasteiger partial charge >= 0.3 is 6.61 Å². The number of carbonyl (C=O) groups excluding carboxylic acids is 1. The molecule has 1 heterocycles. The van der Waals surface area contributed by atoms with Gasteiger partial charge in [0, 0.05) is 31.2 Å². The van der Waals surface area contributed by atoms with Crippen molar-refractivity contribution in [2.75, 3.05) is 20.2 Å². The van der Waals surface area contributed by atoms with E-state index < -0.39 is 6.61 Å². The molecule has 3 rings (SSSR count). The van der Waals surface area contributed by atoms with Crippen LogP contribution >= 0.6 is 0 Å². The maximum absolute atomic E-state index is 12.4. The molecule has 0 bridgehead atoms. The lowest BCUT2D eigenvalue weighted by Crippen LogP contribution is -2.28. The Morgan fingerprint density at radius 3 is 2.67 bits per heavy atom. The fourth-order valence-corrected chi connectivity index (χ4v) is 3.96. The van der Waals surface area contributed by atoms with E-state index in [-0.39, 0.29) is 17.4 Å². The number of hydrogen-bond donors (Lipinski definition) is 1. The van der Waals surface area contributed by atoms with Gasteiger partial charge in [-0.1, -0.05) is 30.3 Å². The summed E-state index contributed by atoms with van der Waals surface area (Å²) >= 11 is 0. The molecule has 1 N–H and O–H groups in total. The topological polar surface area (TPSA) is 50.8 Å². The fourth-order valence-electron chi connectivity index (χ4n) is 3.96. The van der Waals surface area contributed by atoms with Crippen LogP contribution in [0.25, 0.3) is 0 Å². The Bertz CT molecular complexity index is 832. The van der Waals surface area contributed by atoms with Crippen molar-refractivity contribution in [3.8, 4) is 11.5 Å². The van der Waals surface area contributed by atoms with Crippen molar-refractivity contribution in [1.29, 1.82) is 0 Å². The minimum atomic E-state index is -2.95. The predicted molar refractivity (Wildman–Crippen MR) is 111 cm³/mol. The van der Waals surface area contributed by atoms with Crippen LogP contribution in [-0.4, -0.2) is 43.7 Å². The molecule has 30 heavy (non-hydrogen) atoms. The third-order valence-electron chi connectivity index (χ3n) is 5.50. The molecular weight excluding hydrogens is 390 g/mol. The molecule has 1 aliphatic heterocycles. The Balaban J connectivity index is 1.47. The summed E-state index contributed by atoms with van der Waals surface area (Å²) in [6, 6.07) is 15.1. The number of halogens is 2. The van der Waals surface area contributed by atoms with Crippen molar-refractivity contribution >= 4 is 5.91 Å². The Morgan fingerprint density at radius 1 is 1.20 bits per heavy atom. The largest absolute Gasteiger partial charge is 0.493 e. The second kappa shape index (κ2) is 10.4. The number of nitrogens with one attached hydrogen (secondary N) is 1. The standard InChI is InChI=1S/C23H28F2N2O3/c1-16-12-18(15-27(16)14-17-6-4-3-5-7-17)10-11-26-22(28)19-8-9-20(30-23(24)25)21(13-19)29-2/h3-9,13,16,18,23H,10-12,14-15H2,1-2H3,(H,26,28)/t16-,18-/m0/s1. The monoisotopic (exact) mass is 418 g/mol. The molecule has 2 aromatic rings. The summed E-state index contributed by atoms with van der Waals surface area (Å²) in [6.07, 6.45) is 2.00. The van der Waals surface area contributed by atoms with E-state index in [0.717, 1.165) is 25.9 Å². The zero-order valence-electron chi connectivity index (χ0n) is 17.3. The number of rotatable bonds is 9. The summed E-state index contributed by atoms with van der Waals surface area (Å²) in [4.78, 5) is 14.9. The first-order valence-electron chi connectivity index (χ1n) is 10.1. The summed E-state index contributed by atoms with van der Waals surface area (Å²) < 4.78 is 34.3. The number of amides is 1. The van der Waals surface area contributed by atoms with E-state index in [1.54, 1.807) is 0 Å². The molecule has 2 aromatic carbocycles. The number of methoxy groups -OCH3 is 1. The molecule has 0 saturated carbocycles. The van der Waals surface area contributed by atoms with E-state index in [0.29, 0.717) is 24.1 Å². The van der Waals surface area contributed by atoms with Crippen LogP contribution in [0.1, 0.15) is 35.7 Å². The molecule has 1 fully saturated rings. The second-order valence-electron chi connectivity index (χ2n) is 7.65. The van der Waals surface area contributed by atoms with E-state index in [9.17, 15) is 13.6 Å². The number of likely N-dealkylation sites (tertiary alicyclic amines) is 1. The summed E-state index contributed by atoms with van der Waals surface area (Å²) in [6.45, 7) is 1.81. The SMILES string of the molecule is COc1cc(C(=O)NCC[C@H]2C[C@H](C)N(Cc3ccccc3)C2)ccc1OC(F)F. The van der Waals surface area contributed by atoms with Crippen LogP contribution in [-0.2, 0) is 6.54 Å². The zero-order chi connectivity index (χ0) is 21.5. The molecule has 1 saturated heterocycles. The first-order valence-corrected chi connectivity index (χ1v) is 10.1. The summed E-state index contributed by atoms with van der Waals surface area (Å²) in [5.74, 6) is 0.274. The summed E-state index contributed by atoms with van der Waals surface area (Å²) in [7, 11) is 1.35. The summed E-state index contributed by atoms with van der Waals surface area (Å²) in [5.41, 5.74) is 1.66. The first-order chi connectivity index (χ1) is 14.5. The van der Waals surface area contributed by atoms with Gasteiger partial charge in [-0.3, -0.25) is 9.69 Å². The van der Waals surface area contributed by atoms with Crippen LogP contribution in [0.15, 0.2) is 48.5 Å². The first kappa shape index (κ1) is 22.0. The van der Waals surface area contributed by atoms with Crippen LogP contribution in [0, 0.1) is 5.92 Å². The quantitative estimate of drug-likeness (QED) is 0.659. The van der Waals surface area contributed by atoms with Gasteiger partial charge in [0.1, 0.15) is 0 Å². The number of hydrogen-bond acceptors (Lipinski definition) is 4. The maximum Gasteiger partial charge on any atom is 0.387 e. The lowest BCUT2D eigenvalue weighted by molar-refractivity contribution is -0.0512. The lowest BCUT2D eigenvalue weighted by atomic mass is 10.0. The Hall–Kier alpha value is -2.67. The van der Waals surface area contributed by atoms with Gasteiger partial charge in [0.05, 0.1) is 7.11 Å². The van der Waals surface area contributed by atoms with Crippen molar-refractivity contribution in [3.05, 3.63) is 59.7 Å². The van der Waals surface area contributed by atoms with Gasteiger partial charge in [0.15, 0.2) is 11.5 Å². The third-order valence-corrected chi connectivity index (χ3v) is 5.50. The van der Waals surface area contributed by atoms with Crippen LogP contribution in [0.4, 0.5) is 8.78 Å². The lowest BCUT2D eigenvalue weighted by Gasteiger charge is -2.21. The molecule has 0 radical (unpaired) electrons. The van der Waals surface area contributed by atoms with Crippen molar-refractivity contribution in [1.82, 2.24) is 10.2 Å². The minimum absolute atomic E-state index is 0.0949. The highest BCUT2D eigenvalue weighted by molar-refractivity contribution is 5.94. The van der Waals surface area contributed by atoms with E-state index in [1.807, 2.05) is 6.07 Å². The molecule has 162 valence electrons. The maximum atomic E-state index is 12.4. The van der Waals surface area contributed by atoms with Crippen LogP contribution in [0.3, 0.4) is 0 Å². The van der Waals surface area contributed by atoms with Crippen molar-refractivity contribution < 1.29 is 23.0 Å². The van der Waals surface area contributed by atoms with E-state index in [4.69, 9.17) is 4.74 Å². The fraction of sp³-hybridized carbons (Fsp3) is 0.435. The predicted octanol–water partition coefficient (Wildman–Crippen LogP) is 4.33. The summed E-state index contributed by atoms with van der Waals surface area (Å²) in [5, 5.41) is 2.91. The van der Waals surface area contributed by atoms with E-state index in [2.05, 4.69) is 46.1 Å². The van der Waals surface area contributed by atoms with E-state index >= 15 is 0 Å². The van der Waals surface area contributed by atoms with Gasteiger partial charge in [-0.25, -0.2) is 0 Å². The molecular formula is C23H28F2N2O3. The van der Waals surface area contributed by atoms with Crippen LogP contribution in [0.2, 0.25) is 0 Å². The van der Waals surface area contributed by atoms with Gasteiger partial charge in [-0.05, 0) is 49.4 Å². The Morgan fingerprint density at radius 2 is 1.97 bits per heavy atom. The van der Waals surface area contributed by atoms with Crippen LogP contribution in [0.5, 0.6) is 11.5 Å². The third kappa shape index (κ3) is 5.92. The molecule has 0 aromatic heterocycles. The average molecular weight is 418 g/mol. The highest BCUT2D eigenvalue weighted by Gasteiger charge is 2.28. The Labute approximate surface area is 176 Å². The van der Waals surface area contributed by atoms with Gasteiger partial charge in [-0.2, -0.15) is 8.78 Å². The average Bonchev–Trinajstić information content (AvgIpc) is 3.07. The molecule has 2 atom stereocenters. The van der Waals surface area contributed by atoms with Gasteiger partial charge in [0.2, 0.25) is 0 Å². The molecule has 0 aliphatic carbocycles. The van der Waals surface area contributed by atoms with Crippen molar-refractivity contribution in [3.63, 3.8) is 0 Å². The van der Waals surface area contributed by atoms with Crippen LogP contribution < -0.4 is 14.8 Å². The number of ether oxygens (including phenoxy) is 2. The van der Waals surface area contributed by atoms with Gasteiger partial charge in [-0.15, -0.1) is 0 Å².